The molecule has 0 radical (unpaired) electrons. The van der Waals surface area contributed by atoms with Gasteiger partial charge in [0.25, 0.3) is 0 Å². The highest BCUT2D eigenvalue weighted by molar-refractivity contribution is 7.89. The highest BCUT2D eigenvalue weighted by Gasteiger charge is 2.49. The van der Waals surface area contributed by atoms with Gasteiger partial charge in [-0.2, -0.15) is 4.31 Å². The van der Waals surface area contributed by atoms with Crippen LogP contribution < -0.4 is 5.73 Å². The number of likely N-dealkylation sites (tertiary alicyclic amines) is 1. The molecule has 2 fully saturated rings. The largest absolute Gasteiger partial charge is 0.337 e. The number of sulfonamides is 1. The SMILES string of the molecule is N[C@@H](CC(=O)N1CC2CC1CN2S(=O)(=O)c1cccc(F)c1)Cc1cc(F)c(F)cc1F. The van der Waals surface area contributed by atoms with Crippen LogP contribution in [0.15, 0.2) is 41.3 Å². The molecule has 2 aromatic rings. The summed E-state index contributed by atoms with van der Waals surface area (Å²) in [5.41, 5.74) is 5.82. The molecule has 32 heavy (non-hydrogen) atoms. The van der Waals surface area contributed by atoms with Crippen molar-refractivity contribution in [2.24, 2.45) is 5.73 Å². The molecule has 4 rings (SSSR count). The Labute approximate surface area is 182 Å². The van der Waals surface area contributed by atoms with Gasteiger partial charge in [0.1, 0.15) is 11.6 Å². The Hall–Kier alpha value is -2.50. The summed E-state index contributed by atoms with van der Waals surface area (Å²) in [6, 6.07) is 4.32. The van der Waals surface area contributed by atoms with Crippen LogP contribution in [0.4, 0.5) is 17.6 Å². The van der Waals surface area contributed by atoms with Gasteiger partial charge >= 0.3 is 0 Å². The van der Waals surface area contributed by atoms with Crippen LogP contribution >= 0.6 is 0 Å². The van der Waals surface area contributed by atoms with Gasteiger partial charge in [0.05, 0.1) is 4.90 Å². The number of benzene rings is 2. The summed E-state index contributed by atoms with van der Waals surface area (Å²) in [5, 5.41) is 0. The molecule has 0 spiro atoms. The second kappa shape index (κ2) is 8.45. The number of hydrogen-bond acceptors (Lipinski definition) is 4. The lowest BCUT2D eigenvalue weighted by Crippen LogP contribution is -2.51. The summed E-state index contributed by atoms with van der Waals surface area (Å²) < 4.78 is 80.7. The summed E-state index contributed by atoms with van der Waals surface area (Å²) in [5.74, 6) is -4.42. The van der Waals surface area contributed by atoms with Crippen LogP contribution in [0.2, 0.25) is 0 Å². The van der Waals surface area contributed by atoms with Crippen LogP contribution in [0.25, 0.3) is 0 Å². The van der Waals surface area contributed by atoms with Crippen molar-refractivity contribution in [2.45, 2.75) is 42.3 Å². The van der Waals surface area contributed by atoms with E-state index in [1.165, 1.54) is 16.4 Å². The Morgan fingerprint density at radius 1 is 1.03 bits per heavy atom. The number of fused-ring (bicyclic) bond motifs is 2. The van der Waals surface area contributed by atoms with Gasteiger partial charge in [-0.3, -0.25) is 4.79 Å². The van der Waals surface area contributed by atoms with E-state index in [4.69, 9.17) is 5.73 Å². The van der Waals surface area contributed by atoms with Crippen molar-refractivity contribution in [3.8, 4) is 0 Å². The number of amides is 1. The molecule has 2 saturated heterocycles. The number of carbonyl (C=O) groups is 1. The number of rotatable bonds is 6. The number of nitrogens with two attached hydrogens (primary N) is 1. The minimum absolute atomic E-state index is 0.0856. The molecule has 2 unspecified atom stereocenters. The lowest BCUT2D eigenvalue weighted by Gasteiger charge is -2.34. The third-order valence-electron chi connectivity index (χ3n) is 5.92. The van der Waals surface area contributed by atoms with E-state index < -0.39 is 45.4 Å². The van der Waals surface area contributed by atoms with Crippen LogP contribution in [0.3, 0.4) is 0 Å². The predicted molar refractivity (Wildman–Crippen MR) is 107 cm³/mol. The Morgan fingerprint density at radius 2 is 1.75 bits per heavy atom. The molecule has 1 amide bonds. The number of hydrogen-bond donors (Lipinski definition) is 1. The second-order valence-corrected chi connectivity index (χ2v) is 10.0. The zero-order valence-corrected chi connectivity index (χ0v) is 17.7. The minimum Gasteiger partial charge on any atom is -0.337 e. The topological polar surface area (TPSA) is 83.7 Å². The van der Waals surface area contributed by atoms with Gasteiger partial charge in [-0.15, -0.1) is 0 Å². The Kier molecular flexibility index (Phi) is 5.99. The van der Waals surface area contributed by atoms with E-state index in [1.807, 2.05) is 0 Å². The molecule has 2 N–H and O–H groups in total. The monoisotopic (exact) mass is 471 g/mol. The average molecular weight is 471 g/mol. The zero-order valence-electron chi connectivity index (χ0n) is 16.8. The molecule has 6 nitrogen and oxygen atoms in total. The zero-order chi connectivity index (χ0) is 23.2. The van der Waals surface area contributed by atoms with E-state index in [-0.39, 0.29) is 48.3 Å². The lowest BCUT2D eigenvalue weighted by molar-refractivity contribution is -0.133. The number of nitrogens with zero attached hydrogens (tertiary/aromatic N) is 2. The molecule has 2 aromatic carbocycles. The van der Waals surface area contributed by atoms with Gasteiger partial charge in [0.2, 0.25) is 15.9 Å². The molecule has 0 aromatic heterocycles. The molecule has 11 heteroatoms. The van der Waals surface area contributed by atoms with Crippen molar-refractivity contribution in [1.29, 1.82) is 0 Å². The molecule has 2 bridgehead atoms. The molecule has 2 aliphatic rings. The number of halogens is 4. The van der Waals surface area contributed by atoms with Crippen molar-refractivity contribution in [3.05, 3.63) is 65.2 Å². The van der Waals surface area contributed by atoms with Crippen LogP contribution in [-0.4, -0.2) is 54.7 Å². The van der Waals surface area contributed by atoms with Crippen molar-refractivity contribution < 1.29 is 30.8 Å². The number of carbonyl (C=O) groups excluding carboxylic acids is 1. The van der Waals surface area contributed by atoms with Gasteiger partial charge in [-0.05, 0) is 42.7 Å². The summed E-state index contributed by atoms with van der Waals surface area (Å²) in [7, 11) is -3.89. The van der Waals surface area contributed by atoms with Crippen LogP contribution in [0.5, 0.6) is 0 Å². The summed E-state index contributed by atoms with van der Waals surface area (Å²) >= 11 is 0. The molecular formula is C21H21F4N3O3S. The molecule has 0 saturated carbocycles. The van der Waals surface area contributed by atoms with Crippen molar-refractivity contribution in [1.82, 2.24) is 9.21 Å². The first-order valence-corrected chi connectivity index (χ1v) is 11.5. The van der Waals surface area contributed by atoms with Crippen LogP contribution in [0, 0.1) is 23.3 Å². The molecule has 172 valence electrons. The smallest absolute Gasteiger partial charge is 0.243 e. The Bertz CT molecular complexity index is 1160. The quantitative estimate of drug-likeness (QED) is 0.517. The maximum absolute atomic E-state index is 13.8. The Morgan fingerprint density at radius 3 is 2.41 bits per heavy atom. The van der Waals surface area contributed by atoms with Crippen molar-refractivity contribution >= 4 is 15.9 Å². The molecule has 2 aliphatic heterocycles. The van der Waals surface area contributed by atoms with E-state index in [0.717, 1.165) is 18.2 Å². The molecule has 2 heterocycles. The molecule has 0 aliphatic carbocycles. The van der Waals surface area contributed by atoms with Gasteiger partial charge in [-0.1, -0.05) is 6.07 Å². The second-order valence-electron chi connectivity index (χ2n) is 8.15. The summed E-state index contributed by atoms with van der Waals surface area (Å²) in [4.78, 5) is 14.1. The highest BCUT2D eigenvalue weighted by Crippen LogP contribution is 2.35. The van der Waals surface area contributed by atoms with Crippen molar-refractivity contribution in [3.63, 3.8) is 0 Å². The van der Waals surface area contributed by atoms with E-state index in [1.54, 1.807) is 4.90 Å². The van der Waals surface area contributed by atoms with Gasteiger partial charge in [-0.25, -0.2) is 26.0 Å². The van der Waals surface area contributed by atoms with Crippen LogP contribution in [0.1, 0.15) is 18.4 Å². The maximum atomic E-state index is 13.8. The Balaban J connectivity index is 1.38. The maximum Gasteiger partial charge on any atom is 0.243 e. The van der Waals surface area contributed by atoms with E-state index in [9.17, 15) is 30.8 Å². The van der Waals surface area contributed by atoms with Gasteiger partial charge < -0.3 is 10.6 Å². The first-order chi connectivity index (χ1) is 15.1. The van der Waals surface area contributed by atoms with E-state index in [2.05, 4.69) is 0 Å². The summed E-state index contributed by atoms with van der Waals surface area (Å²) in [6.07, 6.45) is 0.141. The fourth-order valence-corrected chi connectivity index (χ4v) is 6.11. The average Bonchev–Trinajstić information content (AvgIpc) is 3.33. The predicted octanol–water partition coefficient (Wildman–Crippen LogP) is 2.18. The van der Waals surface area contributed by atoms with Gasteiger partial charge in [0.15, 0.2) is 11.6 Å². The van der Waals surface area contributed by atoms with E-state index in [0.29, 0.717) is 12.5 Å². The molecule has 3 atom stereocenters. The first-order valence-electron chi connectivity index (χ1n) is 10.0. The standard InChI is InChI=1S/C21H21F4N3O3S/c22-13-2-1-3-17(6-13)32(30,31)28-11-15-8-16(28)10-27(15)21(29)7-14(26)4-12-5-19(24)20(25)9-18(12)23/h1-3,5-6,9,14-16H,4,7-8,10-11,26H2/t14-,15?,16?/m1/s1. The third kappa shape index (κ3) is 4.24. The molecular weight excluding hydrogens is 450 g/mol. The van der Waals surface area contributed by atoms with E-state index >= 15 is 0 Å². The summed E-state index contributed by atoms with van der Waals surface area (Å²) in [6.45, 7) is 0.257. The normalized spacial score (nSPS) is 21.8. The van der Waals surface area contributed by atoms with Crippen molar-refractivity contribution in [2.75, 3.05) is 13.1 Å². The fourth-order valence-electron chi connectivity index (χ4n) is 4.41. The first kappa shape index (κ1) is 22.7. The van der Waals surface area contributed by atoms with Crippen LogP contribution in [-0.2, 0) is 21.2 Å². The van der Waals surface area contributed by atoms with Gasteiger partial charge in [0, 0.05) is 43.7 Å². The highest BCUT2D eigenvalue weighted by atomic mass is 32.2. The fraction of sp³-hybridized carbons (Fsp3) is 0.381. The third-order valence-corrected chi connectivity index (χ3v) is 7.84. The lowest BCUT2D eigenvalue weighted by atomic mass is 10.0. The number of piperazine rings is 1. The minimum atomic E-state index is -3.89.